The molecule has 0 heterocycles. The molecule has 2 fully saturated rings. The molecule has 0 aliphatic heterocycles. The Morgan fingerprint density at radius 1 is 1.06 bits per heavy atom. The molecular weight excluding hydrogens is 200 g/mol. The first-order chi connectivity index (χ1) is 7.79. The van der Waals surface area contributed by atoms with Crippen molar-refractivity contribution >= 4 is 0 Å². The van der Waals surface area contributed by atoms with Gasteiger partial charge in [0.25, 0.3) is 0 Å². The van der Waals surface area contributed by atoms with Crippen molar-refractivity contribution < 1.29 is 9.84 Å². The molecule has 0 saturated heterocycles. The molecule has 2 aliphatic carbocycles. The maximum atomic E-state index is 9.91. The summed E-state index contributed by atoms with van der Waals surface area (Å²) in [6, 6.07) is 0. The van der Waals surface area contributed by atoms with Gasteiger partial charge in [-0.2, -0.15) is 0 Å². The normalized spacial score (nSPS) is 35.2. The molecule has 3 unspecified atom stereocenters. The monoisotopic (exact) mass is 226 g/mol. The first-order valence-electron chi connectivity index (χ1n) is 7.09. The summed E-state index contributed by atoms with van der Waals surface area (Å²) >= 11 is 0. The van der Waals surface area contributed by atoms with Gasteiger partial charge in [-0.3, -0.25) is 0 Å². The third-order valence-corrected chi connectivity index (χ3v) is 4.12. The molecule has 0 spiro atoms. The van der Waals surface area contributed by atoms with Crippen LogP contribution in [-0.2, 0) is 4.74 Å². The van der Waals surface area contributed by atoms with E-state index in [1.54, 1.807) is 0 Å². The maximum absolute atomic E-state index is 9.91. The minimum atomic E-state index is -0.202. The summed E-state index contributed by atoms with van der Waals surface area (Å²) in [4.78, 5) is 0. The Morgan fingerprint density at radius 2 is 1.81 bits per heavy atom. The molecular formula is C14H26O2. The molecule has 2 nitrogen and oxygen atoms in total. The van der Waals surface area contributed by atoms with Crippen LogP contribution in [0.15, 0.2) is 0 Å². The summed E-state index contributed by atoms with van der Waals surface area (Å²) in [7, 11) is 0. The van der Waals surface area contributed by atoms with Crippen LogP contribution < -0.4 is 0 Å². The fraction of sp³-hybridized carbons (Fsp3) is 1.00. The first kappa shape index (κ1) is 12.4. The second-order valence-corrected chi connectivity index (χ2v) is 5.68. The zero-order valence-corrected chi connectivity index (χ0v) is 10.5. The largest absolute Gasteiger partial charge is 0.390 e. The van der Waals surface area contributed by atoms with E-state index in [0.717, 1.165) is 31.3 Å². The van der Waals surface area contributed by atoms with Crippen LogP contribution in [0.4, 0.5) is 0 Å². The third-order valence-electron chi connectivity index (χ3n) is 4.12. The molecule has 0 radical (unpaired) electrons. The average Bonchev–Trinajstić information content (AvgIpc) is 3.07. The first-order valence-corrected chi connectivity index (χ1v) is 7.09. The van der Waals surface area contributed by atoms with Gasteiger partial charge in [-0.05, 0) is 37.5 Å². The van der Waals surface area contributed by atoms with E-state index in [1.807, 2.05) is 0 Å². The molecule has 0 aromatic heterocycles. The lowest BCUT2D eigenvalue weighted by Crippen LogP contribution is -2.36. The van der Waals surface area contributed by atoms with Gasteiger partial charge in [0.05, 0.1) is 12.2 Å². The van der Waals surface area contributed by atoms with Crippen molar-refractivity contribution in [1.29, 1.82) is 0 Å². The van der Waals surface area contributed by atoms with Gasteiger partial charge in [0.1, 0.15) is 0 Å². The summed E-state index contributed by atoms with van der Waals surface area (Å²) in [6.45, 7) is 3.11. The van der Waals surface area contributed by atoms with Crippen LogP contribution in [0.1, 0.15) is 58.3 Å². The number of aliphatic hydroxyl groups is 1. The Labute approximate surface area is 99.4 Å². The molecule has 2 saturated carbocycles. The summed E-state index contributed by atoms with van der Waals surface area (Å²) in [5.74, 6) is 1.73. The van der Waals surface area contributed by atoms with Crippen molar-refractivity contribution in [2.75, 3.05) is 6.61 Å². The quantitative estimate of drug-likeness (QED) is 0.754. The highest BCUT2D eigenvalue weighted by Crippen LogP contribution is 2.34. The fourth-order valence-corrected chi connectivity index (χ4v) is 2.84. The second-order valence-electron chi connectivity index (χ2n) is 5.68. The molecule has 2 aliphatic rings. The molecule has 94 valence electrons. The summed E-state index contributed by atoms with van der Waals surface area (Å²) in [5, 5.41) is 9.91. The van der Waals surface area contributed by atoms with E-state index in [2.05, 4.69) is 6.92 Å². The summed E-state index contributed by atoms with van der Waals surface area (Å²) in [6.07, 6.45) is 9.71. The highest BCUT2D eigenvalue weighted by atomic mass is 16.5. The Kier molecular flexibility index (Phi) is 4.66. The van der Waals surface area contributed by atoms with Gasteiger partial charge in [0, 0.05) is 6.61 Å². The lowest BCUT2D eigenvalue weighted by atomic mass is 9.83. The van der Waals surface area contributed by atoms with Crippen molar-refractivity contribution in [3.63, 3.8) is 0 Å². The smallest absolute Gasteiger partial charge is 0.0836 e. The van der Waals surface area contributed by atoms with Crippen molar-refractivity contribution in [2.24, 2.45) is 11.8 Å². The number of rotatable bonds is 6. The Balaban J connectivity index is 1.67. The van der Waals surface area contributed by atoms with Crippen LogP contribution in [0.3, 0.4) is 0 Å². The zero-order chi connectivity index (χ0) is 11.4. The predicted octanol–water partition coefficient (Wildman–Crippen LogP) is 3.13. The van der Waals surface area contributed by atoms with Crippen molar-refractivity contribution in [2.45, 2.75) is 70.5 Å². The number of aliphatic hydroxyl groups excluding tert-OH is 1. The van der Waals surface area contributed by atoms with Gasteiger partial charge >= 0.3 is 0 Å². The lowest BCUT2D eigenvalue weighted by molar-refractivity contribution is -0.0734. The molecule has 0 bridgehead atoms. The van der Waals surface area contributed by atoms with Crippen molar-refractivity contribution in [3.05, 3.63) is 0 Å². The number of hydrogen-bond donors (Lipinski definition) is 1. The van der Waals surface area contributed by atoms with Crippen molar-refractivity contribution in [1.82, 2.24) is 0 Å². The topological polar surface area (TPSA) is 29.5 Å². The molecule has 0 aromatic carbocycles. The molecule has 0 amide bonds. The standard InChI is InChI=1S/C14H26O2/c1-2-3-12-6-7-13(15)14(10-12)16-9-8-11-4-5-11/h11-15H,2-10H2,1H3. The minimum Gasteiger partial charge on any atom is -0.390 e. The lowest BCUT2D eigenvalue weighted by Gasteiger charge is -2.33. The Bertz CT molecular complexity index is 201. The van der Waals surface area contributed by atoms with Gasteiger partial charge in [-0.1, -0.05) is 32.6 Å². The van der Waals surface area contributed by atoms with Crippen molar-refractivity contribution in [3.8, 4) is 0 Å². The van der Waals surface area contributed by atoms with Gasteiger partial charge in [-0.25, -0.2) is 0 Å². The van der Waals surface area contributed by atoms with Crippen LogP contribution in [0.2, 0.25) is 0 Å². The highest BCUT2D eigenvalue weighted by Gasteiger charge is 2.30. The minimum absolute atomic E-state index is 0.129. The molecule has 1 N–H and O–H groups in total. The molecule has 2 rings (SSSR count). The van der Waals surface area contributed by atoms with E-state index in [9.17, 15) is 5.11 Å². The van der Waals surface area contributed by atoms with Crippen LogP contribution in [0.5, 0.6) is 0 Å². The molecule has 2 heteroatoms. The number of hydrogen-bond acceptors (Lipinski definition) is 2. The van der Waals surface area contributed by atoms with Gasteiger partial charge < -0.3 is 9.84 Å². The van der Waals surface area contributed by atoms with Gasteiger partial charge in [-0.15, -0.1) is 0 Å². The molecule has 16 heavy (non-hydrogen) atoms. The van der Waals surface area contributed by atoms with Crippen LogP contribution in [0, 0.1) is 11.8 Å². The third kappa shape index (κ3) is 3.74. The molecule has 0 aromatic rings. The van der Waals surface area contributed by atoms with Crippen LogP contribution in [0.25, 0.3) is 0 Å². The SMILES string of the molecule is CCCC1CCC(O)C(OCCC2CC2)C1. The van der Waals surface area contributed by atoms with E-state index in [-0.39, 0.29) is 12.2 Å². The maximum Gasteiger partial charge on any atom is 0.0836 e. The van der Waals surface area contributed by atoms with E-state index in [1.165, 1.54) is 38.5 Å². The van der Waals surface area contributed by atoms with Crippen LogP contribution in [-0.4, -0.2) is 23.9 Å². The van der Waals surface area contributed by atoms with E-state index in [4.69, 9.17) is 4.74 Å². The average molecular weight is 226 g/mol. The number of ether oxygens (including phenoxy) is 1. The predicted molar refractivity (Wildman–Crippen MR) is 65.3 cm³/mol. The summed E-state index contributed by atoms with van der Waals surface area (Å²) in [5.41, 5.74) is 0. The highest BCUT2D eigenvalue weighted by molar-refractivity contribution is 4.81. The van der Waals surface area contributed by atoms with E-state index >= 15 is 0 Å². The zero-order valence-electron chi connectivity index (χ0n) is 10.5. The Morgan fingerprint density at radius 3 is 2.50 bits per heavy atom. The van der Waals surface area contributed by atoms with E-state index < -0.39 is 0 Å². The molecule has 3 atom stereocenters. The van der Waals surface area contributed by atoms with Crippen LogP contribution >= 0.6 is 0 Å². The van der Waals surface area contributed by atoms with Gasteiger partial charge in [0.2, 0.25) is 0 Å². The van der Waals surface area contributed by atoms with Gasteiger partial charge in [0.15, 0.2) is 0 Å². The second kappa shape index (κ2) is 6.02. The Hall–Kier alpha value is -0.0800. The van der Waals surface area contributed by atoms with E-state index in [0.29, 0.717) is 0 Å². The summed E-state index contributed by atoms with van der Waals surface area (Å²) < 4.78 is 5.87. The fourth-order valence-electron chi connectivity index (χ4n) is 2.84.